The first-order valence-corrected chi connectivity index (χ1v) is 18.4. The van der Waals surface area contributed by atoms with Gasteiger partial charge in [-0.3, -0.25) is 0 Å². The highest BCUT2D eigenvalue weighted by molar-refractivity contribution is 6.68. The number of fused-ring (bicyclic) bond motifs is 2. The number of allylic oxidation sites excluding steroid dienone is 1. The third kappa shape index (κ3) is 6.89. The summed E-state index contributed by atoms with van der Waals surface area (Å²) in [7, 11) is 2.20. The first kappa shape index (κ1) is 34.5. The van der Waals surface area contributed by atoms with Crippen LogP contribution in [0.25, 0.3) is 22.1 Å². The topological polar surface area (TPSA) is 28.4 Å². The van der Waals surface area contributed by atoms with Gasteiger partial charge in [-0.15, -0.1) is 0 Å². The van der Waals surface area contributed by atoms with Gasteiger partial charge in [-0.1, -0.05) is 125 Å². The fraction of sp³-hybridized carbons (Fsp3) is 0.277. The Kier molecular flexibility index (Phi) is 9.22. The summed E-state index contributed by atoms with van der Waals surface area (Å²) in [6, 6.07) is 39.5. The van der Waals surface area contributed by atoms with Crippen molar-refractivity contribution in [1.82, 2.24) is 0 Å². The van der Waals surface area contributed by atoms with Crippen LogP contribution in [-0.2, 0) is 10.8 Å². The lowest BCUT2D eigenvalue weighted by atomic mass is 9.63. The van der Waals surface area contributed by atoms with Gasteiger partial charge in [0.25, 0.3) is 0 Å². The summed E-state index contributed by atoms with van der Waals surface area (Å²) in [6.45, 7) is 18.2. The Bertz CT molecular complexity index is 2210. The molecule has 0 saturated carbocycles. The van der Waals surface area contributed by atoms with E-state index in [0.717, 1.165) is 57.7 Å². The zero-order valence-corrected chi connectivity index (χ0v) is 31.5. The predicted octanol–water partition coefficient (Wildman–Crippen LogP) is 12.0. The molecule has 1 N–H and O–H groups in total. The quantitative estimate of drug-likeness (QED) is 0.155. The third-order valence-electron chi connectivity index (χ3n) is 10.8. The minimum absolute atomic E-state index is 0.0733. The molecule has 0 amide bonds. The number of anilines is 4. The number of hydrogen-bond acceptors (Lipinski definition) is 3. The summed E-state index contributed by atoms with van der Waals surface area (Å²) in [5.74, 6) is 0.480. The molecule has 0 atom stereocenters. The molecule has 0 fully saturated rings. The summed E-state index contributed by atoms with van der Waals surface area (Å²) in [4.78, 5) is 2.30. The lowest BCUT2D eigenvalue weighted by molar-refractivity contribution is 0.332. The van der Waals surface area contributed by atoms with Crippen molar-refractivity contribution in [2.45, 2.75) is 85.0 Å². The summed E-state index contributed by atoms with van der Waals surface area (Å²) < 4.78 is 6.91. The van der Waals surface area contributed by atoms with E-state index in [2.05, 4.69) is 194 Å². The normalized spacial score (nSPS) is 14.9. The van der Waals surface area contributed by atoms with Gasteiger partial charge >= 0.3 is 0 Å². The van der Waals surface area contributed by atoms with E-state index in [1.54, 1.807) is 0 Å². The fourth-order valence-corrected chi connectivity index (χ4v) is 7.59. The van der Waals surface area contributed by atoms with E-state index in [1.807, 2.05) is 0 Å². The molecule has 6 aromatic rings. The Morgan fingerprint density at radius 2 is 1.49 bits per heavy atom. The number of aryl methyl sites for hydroxylation is 1. The molecule has 1 aliphatic carbocycles. The second-order valence-corrected chi connectivity index (χ2v) is 15.9. The van der Waals surface area contributed by atoms with Gasteiger partial charge in [-0.05, 0) is 108 Å². The van der Waals surface area contributed by atoms with Crippen molar-refractivity contribution in [3.8, 4) is 11.1 Å². The maximum atomic E-state index is 6.91. The van der Waals surface area contributed by atoms with Gasteiger partial charge in [0.2, 0.25) is 7.28 Å². The molecule has 257 valence electrons. The molecule has 3 nitrogen and oxygen atoms in total. The zero-order valence-electron chi connectivity index (χ0n) is 31.5. The van der Waals surface area contributed by atoms with Crippen LogP contribution in [0.3, 0.4) is 0 Å². The first-order chi connectivity index (χ1) is 24.4. The average Bonchev–Trinajstić information content (AvgIpc) is 3.46. The molecule has 4 heteroatoms. The van der Waals surface area contributed by atoms with E-state index >= 15 is 0 Å². The van der Waals surface area contributed by atoms with Gasteiger partial charge in [-0.2, -0.15) is 0 Å². The number of hydrogen-bond donors (Lipinski definition) is 1. The van der Waals surface area contributed by atoms with E-state index in [0.29, 0.717) is 5.92 Å². The van der Waals surface area contributed by atoms with Crippen LogP contribution in [0, 0.1) is 6.92 Å². The van der Waals surface area contributed by atoms with Crippen molar-refractivity contribution >= 4 is 52.1 Å². The van der Waals surface area contributed by atoms with Crippen LogP contribution in [0.4, 0.5) is 22.7 Å². The second kappa shape index (κ2) is 13.6. The van der Waals surface area contributed by atoms with Crippen molar-refractivity contribution in [3.63, 3.8) is 0 Å². The Morgan fingerprint density at radius 3 is 2.18 bits per heavy atom. The first-order valence-electron chi connectivity index (χ1n) is 18.4. The largest absolute Gasteiger partial charge is 0.469 e. The molecule has 1 aromatic heterocycles. The molecule has 1 radical (unpaired) electrons. The van der Waals surface area contributed by atoms with Crippen LogP contribution in [0.1, 0.15) is 89.5 Å². The van der Waals surface area contributed by atoms with Crippen LogP contribution in [0.5, 0.6) is 0 Å². The second-order valence-electron chi connectivity index (χ2n) is 15.9. The van der Waals surface area contributed by atoms with E-state index in [4.69, 9.17) is 4.42 Å². The van der Waals surface area contributed by atoms with Crippen LogP contribution in [0.2, 0.25) is 0 Å². The Morgan fingerprint density at radius 1 is 0.784 bits per heavy atom. The van der Waals surface area contributed by atoms with E-state index in [-0.39, 0.29) is 10.8 Å². The number of nitrogens with zero attached hydrogens (tertiary/aromatic N) is 1. The number of nitrogens with one attached hydrogen (secondary N) is 1. The molecule has 7 rings (SSSR count). The third-order valence-corrected chi connectivity index (χ3v) is 10.8. The maximum Gasteiger partial charge on any atom is 0.243 e. The highest BCUT2D eigenvalue weighted by Gasteiger charge is 2.38. The molecule has 0 bridgehead atoms. The fourth-order valence-electron chi connectivity index (χ4n) is 7.59. The van der Waals surface area contributed by atoms with Gasteiger partial charge in [0.05, 0.1) is 11.3 Å². The van der Waals surface area contributed by atoms with Crippen LogP contribution in [0.15, 0.2) is 126 Å². The number of furan rings is 1. The molecule has 51 heavy (non-hydrogen) atoms. The smallest absolute Gasteiger partial charge is 0.243 e. The molecule has 0 aliphatic heterocycles. The Balaban J connectivity index is 1.36. The molecule has 0 unspecified atom stereocenters. The van der Waals surface area contributed by atoms with Gasteiger partial charge in [0, 0.05) is 34.2 Å². The van der Waals surface area contributed by atoms with E-state index in [1.165, 1.54) is 33.4 Å². The molecule has 1 aliphatic rings. The predicted molar refractivity (Wildman–Crippen MR) is 220 cm³/mol. The lowest BCUT2D eigenvalue weighted by Gasteiger charge is -2.41. The minimum Gasteiger partial charge on any atom is -0.469 e. The van der Waals surface area contributed by atoms with Gasteiger partial charge < -0.3 is 14.6 Å². The van der Waals surface area contributed by atoms with Crippen LogP contribution >= 0.6 is 0 Å². The number of rotatable bonds is 9. The van der Waals surface area contributed by atoms with Gasteiger partial charge in [-0.25, -0.2) is 0 Å². The molecular weight excluding hydrogens is 619 g/mol. The SMILES string of the molecule is C/C=C/N(c1cccc(Nc2ccc(C)cc2-c2ccccc2)c1)c1c([B]c2ccc(C(C)C)cc2)oc2cc3c(cc12)C(C)(C)CCC3(C)C. The minimum atomic E-state index is 0.0733. The van der Waals surface area contributed by atoms with Crippen molar-refractivity contribution in [2.24, 2.45) is 0 Å². The molecule has 0 spiro atoms. The van der Waals surface area contributed by atoms with Crippen molar-refractivity contribution in [2.75, 3.05) is 10.2 Å². The van der Waals surface area contributed by atoms with Gasteiger partial charge in [0.15, 0.2) is 0 Å². The van der Waals surface area contributed by atoms with E-state index in [9.17, 15) is 0 Å². The molecular formula is C47H50BN2O. The Hall–Kier alpha value is -4.96. The molecule has 0 saturated heterocycles. The van der Waals surface area contributed by atoms with Crippen molar-refractivity contribution < 1.29 is 4.42 Å². The summed E-state index contributed by atoms with van der Waals surface area (Å²) >= 11 is 0. The van der Waals surface area contributed by atoms with Crippen molar-refractivity contribution in [3.05, 3.63) is 144 Å². The highest BCUT2D eigenvalue weighted by atomic mass is 16.3. The summed E-state index contributed by atoms with van der Waals surface area (Å²) in [5, 5.41) is 4.90. The maximum absolute atomic E-state index is 6.91. The monoisotopic (exact) mass is 669 g/mol. The Labute approximate surface area is 305 Å². The standard InChI is InChI=1S/C47H50BN2O/c1-9-26-50(37-17-13-16-36(28-37)49-42-23-18-32(4)27-38(42)34-14-11-10-12-15-34)44-39-29-40-41(47(7,8)25-24-46(40,5)6)30-43(39)51-45(44)48-35-21-19-33(20-22-35)31(2)3/h9-23,26-31,49H,24-25H2,1-8H3/b26-9+. The molecule has 5 aromatic carbocycles. The zero-order chi connectivity index (χ0) is 35.9. The lowest BCUT2D eigenvalue weighted by Crippen LogP contribution is -2.33. The summed E-state index contributed by atoms with van der Waals surface area (Å²) in [5.41, 5.74) is 15.0. The van der Waals surface area contributed by atoms with Crippen LogP contribution in [-0.4, -0.2) is 7.28 Å². The highest BCUT2D eigenvalue weighted by Crippen LogP contribution is 2.48. The van der Waals surface area contributed by atoms with Crippen LogP contribution < -0.4 is 21.3 Å². The van der Waals surface area contributed by atoms with Crippen molar-refractivity contribution in [1.29, 1.82) is 0 Å². The average molecular weight is 670 g/mol. The number of benzene rings is 5. The molecule has 1 heterocycles. The summed E-state index contributed by atoms with van der Waals surface area (Å²) in [6.07, 6.45) is 6.59. The van der Waals surface area contributed by atoms with Gasteiger partial charge in [0.1, 0.15) is 5.58 Å². The van der Waals surface area contributed by atoms with E-state index < -0.39 is 0 Å².